The van der Waals surface area contributed by atoms with Gasteiger partial charge in [-0.1, -0.05) is 17.7 Å². The van der Waals surface area contributed by atoms with Gasteiger partial charge in [-0.3, -0.25) is 9.69 Å². The van der Waals surface area contributed by atoms with Gasteiger partial charge >= 0.3 is 0 Å². The molecule has 0 N–H and O–H groups in total. The normalized spacial score (nSPS) is 21.7. The predicted octanol–water partition coefficient (Wildman–Crippen LogP) is 3.11. The van der Waals surface area contributed by atoms with Gasteiger partial charge in [0.2, 0.25) is 0 Å². The van der Waals surface area contributed by atoms with E-state index in [4.69, 9.17) is 11.6 Å². The maximum atomic E-state index is 12.2. The molecule has 0 amide bonds. The highest BCUT2D eigenvalue weighted by atomic mass is 35.5. The van der Waals surface area contributed by atoms with Crippen molar-refractivity contribution in [1.29, 1.82) is 0 Å². The van der Waals surface area contributed by atoms with E-state index >= 15 is 0 Å². The average molecular weight is 281 g/mol. The maximum Gasteiger partial charge on any atom is 0.150 e. The lowest BCUT2D eigenvalue weighted by Gasteiger charge is -2.43. The third-order valence-corrected chi connectivity index (χ3v) is 3.87. The molecule has 1 atom stereocenters. The fourth-order valence-electron chi connectivity index (χ4n) is 2.70. The van der Waals surface area contributed by atoms with Crippen molar-refractivity contribution in [3.05, 3.63) is 29.0 Å². The number of ketones is 1. The lowest BCUT2D eigenvalue weighted by Crippen LogP contribution is -2.55. The van der Waals surface area contributed by atoms with Crippen molar-refractivity contribution in [2.24, 2.45) is 0 Å². The maximum absolute atomic E-state index is 12.2. The molecule has 1 fully saturated rings. The molecule has 0 saturated carbocycles. The van der Waals surface area contributed by atoms with Gasteiger partial charge in [-0.2, -0.15) is 0 Å². The van der Waals surface area contributed by atoms with Crippen LogP contribution in [0.2, 0.25) is 5.15 Å². The predicted molar refractivity (Wildman–Crippen MR) is 77.4 cm³/mol. The van der Waals surface area contributed by atoms with Gasteiger partial charge in [0.05, 0.1) is 6.04 Å². The minimum absolute atomic E-state index is 0.0145. The van der Waals surface area contributed by atoms with E-state index in [-0.39, 0.29) is 11.6 Å². The molecular weight excluding hydrogens is 260 g/mol. The van der Waals surface area contributed by atoms with Crippen LogP contribution >= 0.6 is 11.6 Å². The molecule has 1 aromatic rings. The molecule has 4 heteroatoms. The lowest BCUT2D eigenvalue weighted by molar-refractivity contribution is -0.129. The number of carbonyl (C=O) groups is 1. The summed E-state index contributed by atoms with van der Waals surface area (Å²) in [4.78, 5) is 18.6. The summed E-state index contributed by atoms with van der Waals surface area (Å²) in [5.41, 5.74) is 1.08. The Morgan fingerprint density at radius 1 is 1.42 bits per heavy atom. The van der Waals surface area contributed by atoms with Gasteiger partial charge in [-0.25, -0.2) is 4.98 Å². The second kappa shape index (κ2) is 5.59. The first kappa shape index (κ1) is 14.5. The highest BCUT2D eigenvalue weighted by molar-refractivity contribution is 6.29. The van der Waals surface area contributed by atoms with Crippen LogP contribution in [0.5, 0.6) is 0 Å². The summed E-state index contributed by atoms with van der Waals surface area (Å²) in [5, 5.41) is 0.492. The number of pyridine rings is 1. The van der Waals surface area contributed by atoms with Crippen molar-refractivity contribution >= 4 is 17.4 Å². The molecular formula is C15H21ClN2O. The topological polar surface area (TPSA) is 33.2 Å². The molecule has 19 heavy (non-hydrogen) atoms. The largest absolute Gasteiger partial charge is 0.298 e. The molecule has 1 unspecified atom stereocenters. The number of piperidine rings is 1. The molecule has 0 aliphatic carbocycles. The van der Waals surface area contributed by atoms with Crippen LogP contribution in [-0.4, -0.2) is 33.8 Å². The van der Waals surface area contributed by atoms with Crippen LogP contribution < -0.4 is 0 Å². The molecule has 1 saturated heterocycles. The summed E-state index contributed by atoms with van der Waals surface area (Å²) < 4.78 is 0. The highest BCUT2D eigenvalue weighted by Crippen LogP contribution is 2.26. The van der Waals surface area contributed by atoms with Gasteiger partial charge in [0.25, 0.3) is 0 Å². The van der Waals surface area contributed by atoms with Crippen LogP contribution in [0, 0.1) is 0 Å². The first-order valence-corrected chi connectivity index (χ1v) is 7.15. The second-order valence-corrected chi connectivity index (χ2v) is 6.53. The van der Waals surface area contributed by atoms with Gasteiger partial charge < -0.3 is 0 Å². The van der Waals surface area contributed by atoms with Crippen LogP contribution in [0.25, 0.3) is 0 Å². The first-order valence-electron chi connectivity index (χ1n) is 6.78. The molecule has 1 aliphatic heterocycles. The molecule has 0 bridgehead atoms. The number of halogens is 1. The monoisotopic (exact) mass is 280 g/mol. The summed E-state index contributed by atoms with van der Waals surface area (Å²) in [6, 6.07) is 3.71. The number of hydrogen-bond acceptors (Lipinski definition) is 3. The van der Waals surface area contributed by atoms with Crippen molar-refractivity contribution in [3.63, 3.8) is 0 Å². The molecule has 1 aliphatic rings. The zero-order valence-corrected chi connectivity index (χ0v) is 12.6. The molecule has 0 radical (unpaired) electrons. The van der Waals surface area contributed by atoms with Crippen molar-refractivity contribution in [2.45, 2.75) is 51.6 Å². The SMILES string of the molecule is CC(C)(C)N1CCCC(=O)C1Cc1ccc(Cl)nc1. The third kappa shape index (κ3) is 3.54. The van der Waals surface area contributed by atoms with E-state index in [1.807, 2.05) is 6.07 Å². The minimum atomic E-state index is -0.0308. The van der Waals surface area contributed by atoms with Crippen molar-refractivity contribution in [1.82, 2.24) is 9.88 Å². The van der Waals surface area contributed by atoms with Crippen molar-refractivity contribution in [3.8, 4) is 0 Å². The molecule has 0 aromatic carbocycles. The van der Waals surface area contributed by atoms with E-state index in [2.05, 4.69) is 30.7 Å². The van der Waals surface area contributed by atoms with E-state index in [0.717, 1.165) is 24.9 Å². The Hall–Kier alpha value is -0.930. The third-order valence-electron chi connectivity index (χ3n) is 3.65. The Bertz CT molecular complexity index is 450. The summed E-state index contributed by atoms with van der Waals surface area (Å²) in [5.74, 6) is 0.344. The summed E-state index contributed by atoms with van der Waals surface area (Å²) in [7, 11) is 0. The van der Waals surface area contributed by atoms with Gasteiger partial charge in [-0.05, 0) is 51.8 Å². The number of carbonyl (C=O) groups excluding carboxylic acids is 1. The minimum Gasteiger partial charge on any atom is -0.298 e. The van der Waals surface area contributed by atoms with Crippen molar-refractivity contribution in [2.75, 3.05) is 6.54 Å². The second-order valence-electron chi connectivity index (χ2n) is 6.14. The number of hydrogen-bond donors (Lipinski definition) is 0. The quantitative estimate of drug-likeness (QED) is 0.781. The Labute approximate surface area is 120 Å². The number of aromatic nitrogens is 1. The van der Waals surface area contributed by atoms with Crippen LogP contribution in [0.3, 0.4) is 0 Å². The van der Waals surface area contributed by atoms with E-state index < -0.39 is 0 Å². The summed E-state index contributed by atoms with van der Waals surface area (Å²) >= 11 is 5.80. The van der Waals surface area contributed by atoms with Crippen molar-refractivity contribution < 1.29 is 4.79 Å². The summed E-state index contributed by atoms with van der Waals surface area (Å²) in [6.07, 6.45) is 4.15. The first-order chi connectivity index (χ1) is 8.88. The van der Waals surface area contributed by atoms with Crippen LogP contribution in [0.15, 0.2) is 18.3 Å². The smallest absolute Gasteiger partial charge is 0.150 e. The fourth-order valence-corrected chi connectivity index (χ4v) is 2.81. The average Bonchev–Trinajstić information content (AvgIpc) is 2.33. The molecule has 2 heterocycles. The van der Waals surface area contributed by atoms with E-state index in [1.165, 1.54) is 0 Å². The Morgan fingerprint density at radius 2 is 2.16 bits per heavy atom. The summed E-state index contributed by atoms with van der Waals surface area (Å²) in [6.45, 7) is 7.48. The Balaban J connectivity index is 2.18. The van der Waals surface area contributed by atoms with Gasteiger partial charge in [-0.15, -0.1) is 0 Å². The van der Waals surface area contributed by atoms with E-state index in [9.17, 15) is 4.79 Å². The van der Waals surface area contributed by atoms with Crippen LogP contribution in [0.1, 0.15) is 39.2 Å². The van der Waals surface area contributed by atoms with Crippen LogP contribution in [0.4, 0.5) is 0 Å². The Kier molecular flexibility index (Phi) is 4.26. The molecule has 0 spiro atoms. The van der Waals surface area contributed by atoms with Gasteiger partial charge in [0.1, 0.15) is 10.9 Å². The Morgan fingerprint density at radius 3 is 2.74 bits per heavy atom. The number of nitrogens with zero attached hydrogens (tertiary/aromatic N) is 2. The lowest BCUT2D eigenvalue weighted by atomic mass is 9.90. The van der Waals surface area contributed by atoms with Gasteiger partial charge in [0.15, 0.2) is 0 Å². The van der Waals surface area contributed by atoms with Gasteiger partial charge in [0, 0.05) is 18.2 Å². The zero-order chi connectivity index (χ0) is 14.0. The number of likely N-dealkylation sites (tertiary alicyclic amines) is 1. The zero-order valence-electron chi connectivity index (χ0n) is 11.8. The highest BCUT2D eigenvalue weighted by Gasteiger charge is 2.35. The fraction of sp³-hybridized carbons (Fsp3) is 0.600. The number of rotatable bonds is 2. The van der Waals surface area contributed by atoms with Crippen LogP contribution in [-0.2, 0) is 11.2 Å². The van der Waals surface area contributed by atoms with E-state index in [1.54, 1.807) is 12.3 Å². The number of Topliss-reactive ketones (excluding diaryl/α,β-unsaturated/α-hetero) is 1. The molecule has 3 nitrogen and oxygen atoms in total. The molecule has 1 aromatic heterocycles. The standard InChI is InChI=1S/C15H21ClN2O/c1-15(2,3)18-8-4-5-13(19)12(18)9-11-6-7-14(16)17-10-11/h6-7,10,12H,4-5,8-9H2,1-3H3. The molecule has 2 rings (SSSR count). The van der Waals surface area contributed by atoms with E-state index in [0.29, 0.717) is 17.4 Å². The molecule has 104 valence electrons.